The molecule has 23 heavy (non-hydrogen) atoms. The number of ether oxygens (including phenoxy) is 1. The summed E-state index contributed by atoms with van der Waals surface area (Å²) < 4.78 is 5.09. The number of carbonyl (C=O) groups excluding carboxylic acids is 2. The third-order valence-electron chi connectivity index (χ3n) is 4.93. The Labute approximate surface area is 138 Å². The number of hydrogen-bond acceptors (Lipinski definition) is 5. The van der Waals surface area contributed by atoms with Crippen LogP contribution >= 0.6 is 0 Å². The van der Waals surface area contributed by atoms with Crippen LogP contribution < -0.4 is 0 Å². The number of rotatable bonds is 7. The van der Waals surface area contributed by atoms with Crippen LogP contribution in [0.2, 0.25) is 0 Å². The highest BCUT2D eigenvalue weighted by Crippen LogP contribution is 2.23. The second-order valence-electron chi connectivity index (χ2n) is 6.56. The van der Waals surface area contributed by atoms with Crippen molar-refractivity contribution in [3.8, 4) is 0 Å². The molecule has 0 radical (unpaired) electrons. The molecule has 6 nitrogen and oxygen atoms in total. The first-order valence-corrected chi connectivity index (χ1v) is 8.95. The molecule has 2 saturated heterocycles. The van der Waals surface area contributed by atoms with Crippen molar-refractivity contribution in [2.24, 2.45) is 5.92 Å². The topological polar surface area (TPSA) is 70.1 Å². The average Bonchev–Trinajstić information content (AvgIpc) is 3.00. The van der Waals surface area contributed by atoms with E-state index in [9.17, 15) is 9.59 Å². The van der Waals surface area contributed by atoms with Crippen LogP contribution in [-0.4, -0.2) is 72.2 Å². The molecule has 0 bridgehead atoms. The monoisotopic (exact) mass is 326 g/mol. The molecule has 0 aromatic heterocycles. The Balaban J connectivity index is 1.83. The lowest BCUT2D eigenvalue weighted by Crippen LogP contribution is -2.47. The van der Waals surface area contributed by atoms with E-state index in [0.717, 1.165) is 51.6 Å². The number of aliphatic hydroxyl groups excluding tert-OH is 1. The first-order chi connectivity index (χ1) is 11.2. The van der Waals surface area contributed by atoms with Gasteiger partial charge in [0, 0.05) is 25.7 Å². The third kappa shape index (κ3) is 5.18. The normalized spacial score (nSPS) is 25.6. The van der Waals surface area contributed by atoms with Gasteiger partial charge in [-0.25, -0.2) is 0 Å². The van der Waals surface area contributed by atoms with Crippen LogP contribution in [-0.2, 0) is 14.3 Å². The number of hydrogen-bond donors (Lipinski definition) is 1. The van der Waals surface area contributed by atoms with Gasteiger partial charge in [-0.15, -0.1) is 0 Å². The largest absolute Gasteiger partial charge is 0.466 e. The summed E-state index contributed by atoms with van der Waals surface area (Å²) in [7, 11) is 0. The molecule has 1 N–H and O–H groups in total. The van der Waals surface area contributed by atoms with Gasteiger partial charge in [0.1, 0.15) is 0 Å². The summed E-state index contributed by atoms with van der Waals surface area (Å²) in [5.41, 5.74) is 0. The van der Waals surface area contributed by atoms with Gasteiger partial charge in [-0.3, -0.25) is 14.5 Å². The van der Waals surface area contributed by atoms with Crippen molar-refractivity contribution in [1.29, 1.82) is 0 Å². The molecule has 0 spiro atoms. The molecular weight excluding hydrogens is 296 g/mol. The molecule has 1 amide bonds. The van der Waals surface area contributed by atoms with Crippen LogP contribution in [0.5, 0.6) is 0 Å². The molecule has 2 fully saturated rings. The summed E-state index contributed by atoms with van der Waals surface area (Å²) in [6.45, 7) is 5.04. The van der Waals surface area contributed by atoms with E-state index < -0.39 is 0 Å². The maximum Gasteiger partial charge on any atom is 0.310 e. The number of piperidine rings is 1. The average molecular weight is 326 g/mol. The van der Waals surface area contributed by atoms with Gasteiger partial charge >= 0.3 is 5.97 Å². The highest BCUT2D eigenvalue weighted by Gasteiger charge is 2.32. The predicted molar refractivity (Wildman–Crippen MR) is 86.9 cm³/mol. The van der Waals surface area contributed by atoms with Crippen LogP contribution in [0.25, 0.3) is 0 Å². The molecule has 6 heteroatoms. The van der Waals surface area contributed by atoms with Gasteiger partial charge in [0.25, 0.3) is 0 Å². The summed E-state index contributed by atoms with van der Waals surface area (Å²) in [5.74, 6) is -0.224. The zero-order valence-corrected chi connectivity index (χ0v) is 14.2. The lowest BCUT2D eigenvalue weighted by Gasteiger charge is -2.33. The maximum absolute atomic E-state index is 12.6. The van der Waals surface area contributed by atoms with E-state index in [2.05, 4.69) is 4.90 Å². The molecule has 2 aliphatic rings. The van der Waals surface area contributed by atoms with Gasteiger partial charge in [-0.1, -0.05) is 0 Å². The Morgan fingerprint density at radius 3 is 2.74 bits per heavy atom. The van der Waals surface area contributed by atoms with Crippen LogP contribution in [0.1, 0.15) is 45.4 Å². The summed E-state index contributed by atoms with van der Waals surface area (Å²) in [6, 6.07) is 0.414. The zero-order chi connectivity index (χ0) is 16.7. The van der Waals surface area contributed by atoms with Crippen LogP contribution in [0, 0.1) is 5.92 Å². The van der Waals surface area contributed by atoms with Crippen molar-refractivity contribution in [2.45, 2.75) is 51.5 Å². The lowest BCUT2D eigenvalue weighted by atomic mass is 9.98. The lowest BCUT2D eigenvalue weighted by molar-refractivity contribution is -0.151. The Hall–Kier alpha value is -1.14. The molecular formula is C17H30N2O4. The van der Waals surface area contributed by atoms with Crippen LogP contribution in [0.4, 0.5) is 0 Å². The fourth-order valence-electron chi connectivity index (χ4n) is 3.69. The minimum atomic E-state index is -0.174. The molecule has 2 atom stereocenters. The van der Waals surface area contributed by atoms with Crippen molar-refractivity contribution < 1.29 is 19.4 Å². The van der Waals surface area contributed by atoms with Crippen molar-refractivity contribution in [1.82, 2.24) is 9.80 Å². The van der Waals surface area contributed by atoms with Crippen molar-refractivity contribution >= 4 is 11.9 Å². The number of carbonyl (C=O) groups is 2. The fourth-order valence-corrected chi connectivity index (χ4v) is 3.69. The van der Waals surface area contributed by atoms with Gasteiger partial charge < -0.3 is 14.7 Å². The summed E-state index contributed by atoms with van der Waals surface area (Å²) in [6.07, 6.45) is 5.65. The Bertz CT molecular complexity index is 402. The SMILES string of the molecule is CCOC(=O)[C@@H]1CCCN(C(=O)CN2CCC[C@H]2CCCO)C1. The van der Waals surface area contributed by atoms with E-state index in [4.69, 9.17) is 9.84 Å². The first kappa shape index (κ1) is 18.2. The second kappa shape index (κ2) is 9.23. The number of esters is 1. The highest BCUT2D eigenvalue weighted by atomic mass is 16.5. The zero-order valence-electron chi connectivity index (χ0n) is 14.2. The summed E-state index contributed by atoms with van der Waals surface area (Å²) in [5, 5.41) is 8.99. The minimum Gasteiger partial charge on any atom is -0.466 e. The molecule has 0 unspecified atom stereocenters. The first-order valence-electron chi connectivity index (χ1n) is 8.95. The van der Waals surface area contributed by atoms with Gasteiger partial charge in [0.2, 0.25) is 5.91 Å². The molecule has 132 valence electrons. The van der Waals surface area contributed by atoms with Crippen LogP contribution in [0.15, 0.2) is 0 Å². The maximum atomic E-state index is 12.6. The molecule has 2 rings (SSSR count). The van der Waals surface area contributed by atoms with E-state index in [1.54, 1.807) is 0 Å². The Kier molecular flexibility index (Phi) is 7.30. The van der Waals surface area contributed by atoms with Crippen LogP contribution in [0.3, 0.4) is 0 Å². The Morgan fingerprint density at radius 2 is 2.00 bits per heavy atom. The smallest absolute Gasteiger partial charge is 0.310 e. The number of nitrogens with zero attached hydrogens (tertiary/aromatic N) is 2. The minimum absolute atomic E-state index is 0.120. The van der Waals surface area contributed by atoms with E-state index in [1.807, 2.05) is 11.8 Å². The molecule has 2 heterocycles. The van der Waals surface area contributed by atoms with Crippen molar-refractivity contribution in [3.05, 3.63) is 0 Å². The molecule has 0 aliphatic carbocycles. The molecule has 2 aliphatic heterocycles. The summed E-state index contributed by atoms with van der Waals surface area (Å²) >= 11 is 0. The highest BCUT2D eigenvalue weighted by molar-refractivity contribution is 5.80. The standard InChI is InChI=1S/C17H30N2O4/c1-2-23-17(22)14-6-3-10-19(12-14)16(21)13-18-9-4-7-15(18)8-5-11-20/h14-15,20H,2-13H2,1H3/t14-,15+/m1/s1. The number of likely N-dealkylation sites (tertiary alicyclic amines) is 2. The van der Waals surface area contributed by atoms with E-state index in [0.29, 0.717) is 25.7 Å². The predicted octanol–water partition coefficient (Wildman–Crippen LogP) is 1.03. The number of aliphatic hydroxyl groups is 1. The van der Waals surface area contributed by atoms with Gasteiger partial charge in [0.15, 0.2) is 0 Å². The molecule has 0 aromatic carbocycles. The van der Waals surface area contributed by atoms with Crippen molar-refractivity contribution in [2.75, 3.05) is 39.4 Å². The van der Waals surface area contributed by atoms with E-state index in [-0.39, 0.29) is 24.4 Å². The second-order valence-corrected chi connectivity index (χ2v) is 6.56. The third-order valence-corrected chi connectivity index (χ3v) is 4.93. The Morgan fingerprint density at radius 1 is 1.22 bits per heavy atom. The van der Waals surface area contributed by atoms with E-state index >= 15 is 0 Å². The molecule has 0 saturated carbocycles. The van der Waals surface area contributed by atoms with Gasteiger partial charge in [-0.05, 0) is 52.0 Å². The van der Waals surface area contributed by atoms with Crippen molar-refractivity contribution in [3.63, 3.8) is 0 Å². The fraction of sp³-hybridized carbons (Fsp3) is 0.882. The number of amides is 1. The summed E-state index contributed by atoms with van der Waals surface area (Å²) in [4.78, 5) is 28.5. The van der Waals surface area contributed by atoms with E-state index in [1.165, 1.54) is 0 Å². The van der Waals surface area contributed by atoms with Gasteiger partial charge in [0.05, 0.1) is 19.1 Å². The molecule has 0 aromatic rings. The van der Waals surface area contributed by atoms with Gasteiger partial charge in [-0.2, -0.15) is 0 Å². The quantitative estimate of drug-likeness (QED) is 0.708.